The van der Waals surface area contributed by atoms with E-state index in [9.17, 15) is 0 Å². The lowest BCUT2D eigenvalue weighted by Gasteiger charge is -2.19. The van der Waals surface area contributed by atoms with Crippen molar-refractivity contribution in [3.05, 3.63) is 51.5 Å². The Bertz CT molecular complexity index is 487. The summed E-state index contributed by atoms with van der Waals surface area (Å²) in [6, 6.07) is 6.74. The standard InChI is InChI=1S/C15H20N2S/c1-4-8-16-15(14-7-9-18-12(14)3)13-6-5-11(2)17-10-13/h5-7,9-10,15-16H,4,8H2,1-3H3. The first-order valence-corrected chi connectivity index (χ1v) is 7.30. The minimum Gasteiger partial charge on any atom is -0.306 e. The molecule has 96 valence electrons. The van der Waals surface area contributed by atoms with Gasteiger partial charge >= 0.3 is 0 Å². The van der Waals surface area contributed by atoms with Crippen molar-refractivity contribution in [2.75, 3.05) is 6.54 Å². The highest BCUT2D eigenvalue weighted by Crippen LogP contribution is 2.27. The normalized spacial score (nSPS) is 12.6. The van der Waals surface area contributed by atoms with E-state index in [0.717, 1.165) is 18.7 Å². The molecule has 0 saturated heterocycles. The maximum absolute atomic E-state index is 4.41. The zero-order chi connectivity index (χ0) is 13.0. The monoisotopic (exact) mass is 260 g/mol. The van der Waals surface area contributed by atoms with E-state index in [4.69, 9.17) is 0 Å². The van der Waals surface area contributed by atoms with Gasteiger partial charge in [0.2, 0.25) is 0 Å². The van der Waals surface area contributed by atoms with Crippen molar-refractivity contribution in [1.82, 2.24) is 10.3 Å². The fraction of sp³-hybridized carbons (Fsp3) is 0.400. The van der Waals surface area contributed by atoms with Crippen molar-refractivity contribution in [1.29, 1.82) is 0 Å². The van der Waals surface area contributed by atoms with E-state index in [1.807, 2.05) is 13.1 Å². The van der Waals surface area contributed by atoms with Crippen molar-refractivity contribution in [3.63, 3.8) is 0 Å². The third-order valence-corrected chi connectivity index (χ3v) is 3.94. The Morgan fingerprint density at radius 1 is 1.28 bits per heavy atom. The van der Waals surface area contributed by atoms with Crippen LogP contribution in [0.4, 0.5) is 0 Å². The van der Waals surface area contributed by atoms with Gasteiger partial charge in [-0.25, -0.2) is 0 Å². The van der Waals surface area contributed by atoms with E-state index in [-0.39, 0.29) is 6.04 Å². The molecule has 2 aromatic heterocycles. The Morgan fingerprint density at radius 3 is 2.67 bits per heavy atom. The van der Waals surface area contributed by atoms with Crippen LogP contribution in [0.5, 0.6) is 0 Å². The van der Waals surface area contributed by atoms with Gasteiger partial charge in [0.1, 0.15) is 0 Å². The molecule has 0 spiro atoms. The molecule has 2 aromatic rings. The van der Waals surface area contributed by atoms with Crippen LogP contribution in [0.1, 0.15) is 41.1 Å². The first-order chi connectivity index (χ1) is 8.72. The molecule has 2 nitrogen and oxygen atoms in total. The molecule has 1 N–H and O–H groups in total. The zero-order valence-electron chi connectivity index (χ0n) is 11.2. The summed E-state index contributed by atoms with van der Waals surface area (Å²) in [6.45, 7) is 7.42. The van der Waals surface area contributed by atoms with Crippen LogP contribution >= 0.6 is 11.3 Å². The molecule has 2 heterocycles. The Labute approximate surface area is 113 Å². The third-order valence-electron chi connectivity index (χ3n) is 3.08. The van der Waals surface area contributed by atoms with E-state index in [2.05, 4.69) is 47.7 Å². The average Bonchev–Trinajstić information content (AvgIpc) is 2.78. The first-order valence-electron chi connectivity index (χ1n) is 6.42. The Morgan fingerprint density at radius 2 is 2.11 bits per heavy atom. The molecule has 18 heavy (non-hydrogen) atoms. The van der Waals surface area contributed by atoms with Crippen molar-refractivity contribution in [2.24, 2.45) is 0 Å². The van der Waals surface area contributed by atoms with Crippen LogP contribution in [0.15, 0.2) is 29.8 Å². The summed E-state index contributed by atoms with van der Waals surface area (Å²) in [6.07, 6.45) is 3.12. The molecule has 0 fully saturated rings. The zero-order valence-corrected chi connectivity index (χ0v) is 12.1. The number of aromatic nitrogens is 1. The lowest BCUT2D eigenvalue weighted by atomic mass is 10.0. The molecule has 0 aliphatic carbocycles. The summed E-state index contributed by atoms with van der Waals surface area (Å²) in [5.74, 6) is 0. The van der Waals surface area contributed by atoms with Gasteiger partial charge in [0.25, 0.3) is 0 Å². The lowest BCUT2D eigenvalue weighted by molar-refractivity contribution is 0.596. The topological polar surface area (TPSA) is 24.9 Å². The fourth-order valence-electron chi connectivity index (χ4n) is 2.04. The van der Waals surface area contributed by atoms with E-state index in [1.54, 1.807) is 11.3 Å². The lowest BCUT2D eigenvalue weighted by Crippen LogP contribution is -2.23. The third kappa shape index (κ3) is 2.98. The molecule has 0 aliphatic rings. The Hall–Kier alpha value is -1.19. The summed E-state index contributed by atoms with van der Waals surface area (Å²) in [7, 11) is 0. The molecule has 0 radical (unpaired) electrons. The molecular weight excluding hydrogens is 240 g/mol. The molecule has 0 saturated carbocycles. The number of hydrogen-bond acceptors (Lipinski definition) is 3. The predicted octanol–water partition coefficient (Wildman–Crippen LogP) is 3.85. The highest BCUT2D eigenvalue weighted by molar-refractivity contribution is 7.10. The van der Waals surface area contributed by atoms with Gasteiger partial charge in [-0.1, -0.05) is 13.0 Å². The summed E-state index contributed by atoms with van der Waals surface area (Å²) in [5.41, 5.74) is 3.68. The number of nitrogens with zero attached hydrogens (tertiary/aromatic N) is 1. The number of hydrogen-bond donors (Lipinski definition) is 1. The number of rotatable bonds is 5. The summed E-state index contributed by atoms with van der Waals surface area (Å²) >= 11 is 1.80. The second-order valence-corrected chi connectivity index (χ2v) is 5.67. The van der Waals surface area contributed by atoms with Crippen LogP contribution in [0, 0.1) is 13.8 Å². The van der Waals surface area contributed by atoms with Crippen LogP contribution in [-0.4, -0.2) is 11.5 Å². The molecule has 2 rings (SSSR count). The van der Waals surface area contributed by atoms with Crippen LogP contribution in [0.2, 0.25) is 0 Å². The molecular formula is C15H20N2S. The summed E-state index contributed by atoms with van der Waals surface area (Å²) in [5, 5.41) is 5.77. The van der Waals surface area contributed by atoms with E-state index in [0.29, 0.717) is 0 Å². The number of aryl methyl sites for hydroxylation is 2. The Balaban J connectivity index is 2.30. The van der Waals surface area contributed by atoms with Crippen LogP contribution in [0.3, 0.4) is 0 Å². The van der Waals surface area contributed by atoms with Crippen LogP contribution in [-0.2, 0) is 0 Å². The number of nitrogens with one attached hydrogen (secondary N) is 1. The highest BCUT2D eigenvalue weighted by atomic mass is 32.1. The molecule has 0 bridgehead atoms. The van der Waals surface area contributed by atoms with Gasteiger partial charge in [-0.05, 0) is 55.5 Å². The quantitative estimate of drug-likeness (QED) is 0.883. The van der Waals surface area contributed by atoms with Crippen LogP contribution in [0.25, 0.3) is 0 Å². The smallest absolute Gasteiger partial charge is 0.0602 e. The van der Waals surface area contributed by atoms with Gasteiger partial charge in [-0.3, -0.25) is 4.98 Å². The minimum atomic E-state index is 0.268. The van der Waals surface area contributed by atoms with Crippen molar-refractivity contribution < 1.29 is 0 Å². The first kappa shape index (κ1) is 13.2. The van der Waals surface area contributed by atoms with E-state index in [1.165, 1.54) is 16.0 Å². The average molecular weight is 260 g/mol. The van der Waals surface area contributed by atoms with Gasteiger partial charge in [-0.2, -0.15) is 0 Å². The second-order valence-electron chi connectivity index (χ2n) is 4.55. The van der Waals surface area contributed by atoms with Gasteiger partial charge in [0, 0.05) is 16.8 Å². The van der Waals surface area contributed by atoms with Crippen molar-refractivity contribution in [2.45, 2.75) is 33.2 Å². The fourth-order valence-corrected chi connectivity index (χ4v) is 2.78. The molecule has 0 amide bonds. The molecule has 0 aromatic carbocycles. The highest BCUT2D eigenvalue weighted by Gasteiger charge is 2.16. The minimum absolute atomic E-state index is 0.268. The molecule has 3 heteroatoms. The van der Waals surface area contributed by atoms with Gasteiger partial charge in [0.15, 0.2) is 0 Å². The molecule has 1 atom stereocenters. The number of pyridine rings is 1. The van der Waals surface area contributed by atoms with Gasteiger partial charge in [-0.15, -0.1) is 11.3 Å². The SMILES string of the molecule is CCCNC(c1ccc(C)nc1)c1ccsc1C. The summed E-state index contributed by atoms with van der Waals surface area (Å²) < 4.78 is 0. The molecule has 1 unspecified atom stereocenters. The maximum Gasteiger partial charge on any atom is 0.0602 e. The van der Waals surface area contributed by atoms with E-state index >= 15 is 0 Å². The van der Waals surface area contributed by atoms with Crippen LogP contribution < -0.4 is 5.32 Å². The van der Waals surface area contributed by atoms with Crippen molar-refractivity contribution >= 4 is 11.3 Å². The van der Waals surface area contributed by atoms with Gasteiger partial charge < -0.3 is 5.32 Å². The Kier molecular flexibility index (Phi) is 4.50. The maximum atomic E-state index is 4.41. The van der Waals surface area contributed by atoms with Gasteiger partial charge in [0.05, 0.1) is 6.04 Å². The van der Waals surface area contributed by atoms with Crippen molar-refractivity contribution in [3.8, 4) is 0 Å². The second kappa shape index (κ2) is 6.12. The summed E-state index contributed by atoms with van der Waals surface area (Å²) in [4.78, 5) is 5.79. The predicted molar refractivity (Wildman–Crippen MR) is 78.2 cm³/mol. The largest absolute Gasteiger partial charge is 0.306 e. The number of thiophene rings is 1. The molecule has 0 aliphatic heterocycles. The van der Waals surface area contributed by atoms with E-state index < -0.39 is 0 Å².